The van der Waals surface area contributed by atoms with Crippen LogP contribution >= 0.6 is 0 Å². The molecule has 1 unspecified atom stereocenters. The van der Waals surface area contributed by atoms with E-state index >= 15 is 0 Å². The van der Waals surface area contributed by atoms with Gasteiger partial charge in [-0.2, -0.15) is 0 Å². The summed E-state index contributed by atoms with van der Waals surface area (Å²) in [7, 11) is 0. The number of hydrogen-bond donors (Lipinski definition) is 2. The largest absolute Gasteiger partial charge is 0.390 e. The highest BCUT2D eigenvalue weighted by molar-refractivity contribution is 6.05. The lowest BCUT2D eigenvalue weighted by atomic mass is 10.0. The molecule has 3 heterocycles. The number of hydrogen-bond acceptors (Lipinski definition) is 6. The van der Waals surface area contributed by atoms with Gasteiger partial charge < -0.3 is 10.0 Å². The minimum atomic E-state index is -0.641. The first kappa shape index (κ1) is 19.2. The van der Waals surface area contributed by atoms with Crippen LogP contribution in [0, 0.1) is 0 Å². The van der Waals surface area contributed by atoms with E-state index < -0.39 is 11.9 Å². The first-order valence-electron chi connectivity index (χ1n) is 9.64. The summed E-state index contributed by atoms with van der Waals surface area (Å²) in [6.07, 6.45) is 0.554. The molecule has 29 heavy (non-hydrogen) atoms. The molecule has 8 heteroatoms. The van der Waals surface area contributed by atoms with Crippen molar-refractivity contribution in [3.05, 3.63) is 46.8 Å². The van der Waals surface area contributed by atoms with E-state index in [1.165, 1.54) is 4.90 Å². The van der Waals surface area contributed by atoms with E-state index in [0.29, 0.717) is 30.0 Å². The van der Waals surface area contributed by atoms with Gasteiger partial charge in [0.05, 0.1) is 12.3 Å². The average Bonchev–Trinajstić information content (AvgIpc) is 3.03. The van der Waals surface area contributed by atoms with Gasteiger partial charge in [-0.3, -0.25) is 19.7 Å². The van der Waals surface area contributed by atoms with Crippen LogP contribution in [-0.2, 0) is 22.7 Å². The quantitative estimate of drug-likeness (QED) is 0.761. The third-order valence-electron chi connectivity index (χ3n) is 5.33. The van der Waals surface area contributed by atoms with Gasteiger partial charge in [-0.1, -0.05) is 19.9 Å². The number of piperidine rings is 1. The van der Waals surface area contributed by atoms with Crippen LogP contribution in [-0.4, -0.2) is 43.7 Å². The number of aliphatic hydroxyl groups excluding tert-OH is 1. The minimum Gasteiger partial charge on any atom is -0.390 e. The highest BCUT2D eigenvalue weighted by Crippen LogP contribution is 2.30. The molecule has 1 saturated heterocycles. The number of aromatic nitrogens is 2. The maximum absolute atomic E-state index is 12.8. The molecule has 1 fully saturated rings. The zero-order chi connectivity index (χ0) is 20.7. The Morgan fingerprint density at radius 2 is 2.00 bits per heavy atom. The molecular weight excluding hydrogens is 372 g/mol. The number of carbonyl (C=O) groups is 3. The highest BCUT2D eigenvalue weighted by atomic mass is 16.3. The number of nitrogens with one attached hydrogen (secondary N) is 1. The van der Waals surface area contributed by atoms with Gasteiger partial charge in [-0.05, 0) is 36.1 Å². The average molecular weight is 394 g/mol. The molecule has 0 saturated carbocycles. The van der Waals surface area contributed by atoms with Crippen molar-refractivity contribution >= 4 is 17.7 Å². The van der Waals surface area contributed by atoms with E-state index in [1.54, 1.807) is 18.2 Å². The van der Waals surface area contributed by atoms with Gasteiger partial charge in [-0.25, -0.2) is 9.97 Å². The number of fused-ring (bicyclic) bond motifs is 1. The van der Waals surface area contributed by atoms with Gasteiger partial charge in [0.25, 0.3) is 5.91 Å². The van der Waals surface area contributed by atoms with Crippen LogP contribution in [0.4, 0.5) is 0 Å². The van der Waals surface area contributed by atoms with Crippen molar-refractivity contribution in [2.75, 3.05) is 0 Å². The lowest BCUT2D eigenvalue weighted by molar-refractivity contribution is -0.136. The summed E-state index contributed by atoms with van der Waals surface area (Å²) >= 11 is 0. The smallest absolute Gasteiger partial charge is 0.255 e. The fourth-order valence-corrected chi connectivity index (χ4v) is 3.74. The number of aliphatic hydroxyl groups is 1. The normalized spacial score (nSPS) is 19.0. The van der Waals surface area contributed by atoms with Crippen molar-refractivity contribution in [2.45, 2.75) is 51.8 Å². The summed E-state index contributed by atoms with van der Waals surface area (Å²) in [5.41, 5.74) is 3.46. The Kier molecular flexibility index (Phi) is 4.87. The van der Waals surface area contributed by atoms with Crippen molar-refractivity contribution in [1.82, 2.24) is 20.2 Å². The highest BCUT2D eigenvalue weighted by Gasteiger charge is 2.39. The van der Waals surface area contributed by atoms with Crippen LogP contribution in [0.3, 0.4) is 0 Å². The molecule has 1 aromatic carbocycles. The zero-order valence-corrected chi connectivity index (χ0v) is 16.3. The zero-order valence-electron chi connectivity index (χ0n) is 16.3. The molecule has 0 aliphatic carbocycles. The van der Waals surface area contributed by atoms with E-state index in [0.717, 1.165) is 16.8 Å². The molecule has 150 valence electrons. The van der Waals surface area contributed by atoms with Crippen molar-refractivity contribution in [3.63, 3.8) is 0 Å². The second kappa shape index (κ2) is 7.36. The molecular formula is C21H22N4O4. The van der Waals surface area contributed by atoms with Crippen LogP contribution in [0.15, 0.2) is 24.3 Å². The van der Waals surface area contributed by atoms with Gasteiger partial charge in [-0.15, -0.1) is 0 Å². The third kappa shape index (κ3) is 3.51. The molecule has 8 nitrogen and oxygen atoms in total. The molecule has 0 bridgehead atoms. The number of imide groups is 1. The van der Waals surface area contributed by atoms with E-state index in [2.05, 4.69) is 15.3 Å². The standard InChI is InChI=1S/C21H22N4O4/c1-11(2)16-8-14(10-26)22-19(23-16)12-3-4-15-13(7-12)9-25(21(15)29)17-5-6-18(27)24-20(17)28/h3-4,7-8,11,17,26H,5-6,9-10H2,1-2H3,(H,24,27,28). The van der Waals surface area contributed by atoms with Crippen LogP contribution in [0.1, 0.15) is 59.9 Å². The number of rotatable bonds is 4. The Balaban J connectivity index is 1.65. The van der Waals surface area contributed by atoms with Crippen molar-refractivity contribution < 1.29 is 19.5 Å². The SMILES string of the molecule is CC(C)c1cc(CO)nc(-c2ccc3c(c2)CN(C2CCC(=O)NC2=O)C3=O)n1. The number of benzene rings is 1. The maximum Gasteiger partial charge on any atom is 0.255 e. The first-order chi connectivity index (χ1) is 13.9. The molecule has 0 radical (unpaired) electrons. The summed E-state index contributed by atoms with van der Waals surface area (Å²) in [6.45, 7) is 4.16. The van der Waals surface area contributed by atoms with Gasteiger partial charge in [0.15, 0.2) is 5.82 Å². The topological polar surface area (TPSA) is 112 Å². The van der Waals surface area contributed by atoms with Gasteiger partial charge in [0.2, 0.25) is 11.8 Å². The summed E-state index contributed by atoms with van der Waals surface area (Å²) in [4.78, 5) is 46.9. The van der Waals surface area contributed by atoms with Crippen molar-refractivity contribution in [1.29, 1.82) is 0 Å². The molecule has 4 rings (SSSR count). The fourth-order valence-electron chi connectivity index (χ4n) is 3.74. The van der Waals surface area contributed by atoms with Gasteiger partial charge >= 0.3 is 0 Å². The predicted octanol–water partition coefficient (Wildman–Crippen LogP) is 1.52. The number of amides is 3. The molecule has 1 atom stereocenters. The second-order valence-corrected chi connectivity index (χ2v) is 7.69. The Hall–Kier alpha value is -3.13. The second-order valence-electron chi connectivity index (χ2n) is 7.69. The molecule has 2 aliphatic rings. The van der Waals surface area contributed by atoms with Crippen LogP contribution < -0.4 is 5.32 Å². The van der Waals surface area contributed by atoms with Crippen LogP contribution in [0.2, 0.25) is 0 Å². The fraction of sp³-hybridized carbons (Fsp3) is 0.381. The minimum absolute atomic E-state index is 0.179. The van der Waals surface area contributed by atoms with Gasteiger partial charge in [0, 0.05) is 29.8 Å². The van der Waals surface area contributed by atoms with E-state index in [4.69, 9.17) is 0 Å². The molecule has 2 N–H and O–H groups in total. The Bertz CT molecular complexity index is 1020. The van der Waals surface area contributed by atoms with Crippen molar-refractivity contribution in [3.8, 4) is 11.4 Å². The van der Waals surface area contributed by atoms with Crippen LogP contribution in [0.5, 0.6) is 0 Å². The summed E-state index contributed by atoms with van der Waals surface area (Å²) in [5.74, 6) is -0.271. The Morgan fingerprint density at radius 3 is 2.69 bits per heavy atom. The monoisotopic (exact) mass is 394 g/mol. The number of nitrogens with zero attached hydrogens (tertiary/aromatic N) is 3. The predicted molar refractivity (Wildman–Crippen MR) is 104 cm³/mol. The van der Waals surface area contributed by atoms with Crippen molar-refractivity contribution in [2.24, 2.45) is 0 Å². The Morgan fingerprint density at radius 1 is 1.21 bits per heavy atom. The molecule has 2 aliphatic heterocycles. The summed E-state index contributed by atoms with van der Waals surface area (Å²) < 4.78 is 0. The Labute approximate surface area is 168 Å². The van der Waals surface area contributed by atoms with E-state index in [-0.39, 0.29) is 30.8 Å². The van der Waals surface area contributed by atoms with E-state index in [1.807, 2.05) is 19.9 Å². The molecule has 2 aromatic rings. The lowest BCUT2D eigenvalue weighted by Gasteiger charge is -2.29. The van der Waals surface area contributed by atoms with E-state index in [9.17, 15) is 19.5 Å². The molecule has 1 aromatic heterocycles. The van der Waals surface area contributed by atoms with Crippen LogP contribution in [0.25, 0.3) is 11.4 Å². The summed E-state index contributed by atoms with van der Waals surface area (Å²) in [5, 5.41) is 11.8. The third-order valence-corrected chi connectivity index (χ3v) is 5.33. The lowest BCUT2D eigenvalue weighted by Crippen LogP contribution is -2.52. The first-order valence-corrected chi connectivity index (χ1v) is 9.64. The summed E-state index contributed by atoms with van der Waals surface area (Å²) in [6, 6.07) is 6.52. The molecule has 3 amide bonds. The molecule has 0 spiro atoms. The number of carbonyl (C=O) groups excluding carboxylic acids is 3. The maximum atomic E-state index is 12.8. The van der Waals surface area contributed by atoms with Gasteiger partial charge in [0.1, 0.15) is 6.04 Å².